The van der Waals surface area contributed by atoms with E-state index in [0.717, 1.165) is 11.5 Å². The molecule has 0 aliphatic heterocycles. The lowest BCUT2D eigenvalue weighted by molar-refractivity contribution is 0.737. The van der Waals surface area contributed by atoms with Gasteiger partial charge >= 0.3 is 0 Å². The van der Waals surface area contributed by atoms with E-state index in [9.17, 15) is 0 Å². The first-order chi connectivity index (χ1) is 6.07. The number of rotatable bonds is 1. The van der Waals surface area contributed by atoms with Gasteiger partial charge in [-0.3, -0.25) is 0 Å². The summed E-state index contributed by atoms with van der Waals surface area (Å²) in [5, 5.41) is 7.51. The van der Waals surface area contributed by atoms with E-state index in [1.54, 1.807) is 12.1 Å². The fourth-order valence-electron chi connectivity index (χ4n) is 0.592. The molecule has 0 bridgehead atoms. The standard InChI is InChI=1S/C7H6ClN.C4H10/c8-7-4-2-1-3-6(7)5-9;1-4(2)3/h1-5,9H;4H,1-3H3. The number of hydrogen-bond donors (Lipinski definition) is 1. The maximum Gasteiger partial charge on any atom is 0.0493 e. The van der Waals surface area contributed by atoms with E-state index in [4.69, 9.17) is 17.0 Å². The van der Waals surface area contributed by atoms with Gasteiger partial charge in [0.25, 0.3) is 0 Å². The van der Waals surface area contributed by atoms with Crippen LogP contribution in [0.25, 0.3) is 0 Å². The Kier molecular flexibility index (Phi) is 6.25. The van der Waals surface area contributed by atoms with Crippen molar-refractivity contribution in [2.45, 2.75) is 20.8 Å². The SMILES string of the molecule is CC(C)C.N=Cc1ccccc1Cl. The number of nitrogens with one attached hydrogen (secondary N) is 1. The van der Waals surface area contributed by atoms with E-state index in [1.165, 1.54) is 6.21 Å². The molecule has 1 N–H and O–H groups in total. The second kappa shape index (κ2) is 6.67. The number of benzene rings is 1. The summed E-state index contributed by atoms with van der Waals surface area (Å²) in [6.45, 7) is 6.50. The highest BCUT2D eigenvalue weighted by molar-refractivity contribution is 6.32. The molecule has 2 heteroatoms. The third kappa shape index (κ3) is 6.35. The van der Waals surface area contributed by atoms with Crippen molar-refractivity contribution in [2.24, 2.45) is 5.92 Å². The van der Waals surface area contributed by atoms with Crippen LogP contribution in [0.1, 0.15) is 26.3 Å². The summed E-state index contributed by atoms with van der Waals surface area (Å²) < 4.78 is 0. The Labute approximate surface area is 85.3 Å². The average Bonchev–Trinajstić information content (AvgIpc) is 2.04. The summed E-state index contributed by atoms with van der Waals surface area (Å²) in [6.07, 6.45) is 1.24. The number of halogens is 1. The van der Waals surface area contributed by atoms with Crippen LogP contribution in [0.4, 0.5) is 0 Å². The van der Waals surface area contributed by atoms with Crippen molar-refractivity contribution in [1.82, 2.24) is 0 Å². The van der Waals surface area contributed by atoms with Crippen LogP contribution in [-0.4, -0.2) is 6.21 Å². The number of hydrogen-bond acceptors (Lipinski definition) is 1. The molecule has 0 spiro atoms. The van der Waals surface area contributed by atoms with Crippen molar-refractivity contribution >= 4 is 17.8 Å². The molecule has 0 unspecified atom stereocenters. The topological polar surface area (TPSA) is 23.9 Å². The largest absolute Gasteiger partial charge is 0.308 e. The molecule has 0 saturated carbocycles. The predicted octanol–water partition coefficient (Wildman–Crippen LogP) is 4.00. The van der Waals surface area contributed by atoms with Gasteiger partial charge in [-0.15, -0.1) is 0 Å². The van der Waals surface area contributed by atoms with Crippen LogP contribution in [0.5, 0.6) is 0 Å². The van der Waals surface area contributed by atoms with E-state index in [0.29, 0.717) is 5.02 Å². The molecule has 0 aliphatic rings. The summed E-state index contributed by atoms with van der Waals surface area (Å²) in [6, 6.07) is 7.26. The van der Waals surface area contributed by atoms with Gasteiger partial charge in [0.15, 0.2) is 0 Å². The van der Waals surface area contributed by atoms with Gasteiger partial charge < -0.3 is 5.41 Å². The van der Waals surface area contributed by atoms with Gasteiger partial charge in [-0.25, -0.2) is 0 Å². The van der Waals surface area contributed by atoms with E-state index in [2.05, 4.69) is 20.8 Å². The second-order valence-corrected chi connectivity index (χ2v) is 3.81. The fourth-order valence-corrected chi connectivity index (χ4v) is 0.782. The minimum absolute atomic E-state index is 0.632. The molecule has 0 atom stereocenters. The first-order valence-electron chi connectivity index (χ1n) is 4.33. The van der Waals surface area contributed by atoms with E-state index in [1.807, 2.05) is 12.1 Å². The van der Waals surface area contributed by atoms with Crippen molar-refractivity contribution in [1.29, 1.82) is 5.41 Å². The molecule has 0 fully saturated rings. The molecule has 0 amide bonds. The molecule has 1 nitrogen and oxygen atoms in total. The molecule has 0 heterocycles. The van der Waals surface area contributed by atoms with Gasteiger partial charge in [0.1, 0.15) is 0 Å². The summed E-state index contributed by atoms with van der Waals surface area (Å²) >= 11 is 5.67. The van der Waals surface area contributed by atoms with Crippen LogP contribution in [0, 0.1) is 11.3 Å². The van der Waals surface area contributed by atoms with Gasteiger partial charge in [0.2, 0.25) is 0 Å². The van der Waals surface area contributed by atoms with Gasteiger partial charge in [-0.2, -0.15) is 0 Å². The smallest absolute Gasteiger partial charge is 0.0493 e. The second-order valence-electron chi connectivity index (χ2n) is 3.40. The van der Waals surface area contributed by atoms with Crippen molar-refractivity contribution < 1.29 is 0 Å². The Hall–Kier alpha value is -0.820. The maximum atomic E-state index is 6.88. The minimum Gasteiger partial charge on any atom is -0.308 e. The molecule has 72 valence electrons. The van der Waals surface area contributed by atoms with Crippen LogP contribution < -0.4 is 0 Å². The van der Waals surface area contributed by atoms with E-state index >= 15 is 0 Å². The zero-order valence-corrected chi connectivity index (χ0v) is 9.10. The monoisotopic (exact) mass is 197 g/mol. The van der Waals surface area contributed by atoms with Gasteiger partial charge in [0.05, 0.1) is 0 Å². The lowest BCUT2D eigenvalue weighted by Gasteiger charge is -1.91. The minimum atomic E-state index is 0.632. The quantitative estimate of drug-likeness (QED) is 0.659. The van der Waals surface area contributed by atoms with Crippen LogP contribution >= 0.6 is 11.6 Å². The maximum absolute atomic E-state index is 6.88. The summed E-state index contributed by atoms with van der Waals surface area (Å²) in [5.74, 6) is 0.833. The molecular weight excluding hydrogens is 182 g/mol. The lowest BCUT2D eigenvalue weighted by Crippen LogP contribution is -1.77. The van der Waals surface area contributed by atoms with Crippen molar-refractivity contribution in [3.63, 3.8) is 0 Å². The van der Waals surface area contributed by atoms with Gasteiger partial charge in [-0.1, -0.05) is 50.6 Å². The highest BCUT2D eigenvalue weighted by Gasteiger charge is 1.90. The fraction of sp³-hybridized carbons (Fsp3) is 0.364. The molecule has 0 saturated heterocycles. The van der Waals surface area contributed by atoms with E-state index < -0.39 is 0 Å². The molecule has 0 aromatic heterocycles. The van der Waals surface area contributed by atoms with E-state index in [-0.39, 0.29) is 0 Å². The Balaban J connectivity index is 0.000000310. The first-order valence-corrected chi connectivity index (χ1v) is 4.70. The highest BCUT2D eigenvalue weighted by Crippen LogP contribution is 2.11. The molecule has 1 rings (SSSR count). The lowest BCUT2D eigenvalue weighted by atomic mass is 10.2. The molecule has 1 aromatic carbocycles. The Morgan fingerprint density at radius 3 is 2.00 bits per heavy atom. The average molecular weight is 198 g/mol. The Morgan fingerprint density at radius 1 is 1.23 bits per heavy atom. The zero-order chi connectivity index (χ0) is 10.3. The predicted molar refractivity (Wildman–Crippen MR) is 59.8 cm³/mol. The van der Waals surface area contributed by atoms with Crippen LogP contribution in [0.2, 0.25) is 5.02 Å². The third-order valence-corrected chi connectivity index (χ3v) is 1.40. The third-order valence-electron chi connectivity index (χ3n) is 1.06. The Morgan fingerprint density at radius 2 is 1.69 bits per heavy atom. The summed E-state index contributed by atoms with van der Waals surface area (Å²) in [4.78, 5) is 0. The van der Waals surface area contributed by atoms with Crippen LogP contribution in [-0.2, 0) is 0 Å². The molecular formula is C11H16ClN. The summed E-state index contributed by atoms with van der Waals surface area (Å²) in [7, 11) is 0. The van der Waals surface area contributed by atoms with Gasteiger partial charge in [-0.05, 0) is 12.0 Å². The normalized spacial score (nSPS) is 9.00. The molecule has 0 aliphatic carbocycles. The van der Waals surface area contributed by atoms with Crippen molar-refractivity contribution in [2.75, 3.05) is 0 Å². The zero-order valence-electron chi connectivity index (χ0n) is 8.34. The van der Waals surface area contributed by atoms with Crippen LogP contribution in [0.3, 0.4) is 0 Å². The Bertz CT molecular complexity index is 253. The highest BCUT2D eigenvalue weighted by atomic mass is 35.5. The van der Waals surface area contributed by atoms with Crippen molar-refractivity contribution in [3.05, 3.63) is 34.9 Å². The summed E-state index contributed by atoms with van der Waals surface area (Å²) in [5.41, 5.74) is 0.763. The van der Waals surface area contributed by atoms with Crippen molar-refractivity contribution in [3.8, 4) is 0 Å². The van der Waals surface area contributed by atoms with Gasteiger partial charge in [0, 0.05) is 16.8 Å². The van der Waals surface area contributed by atoms with Crippen LogP contribution in [0.15, 0.2) is 24.3 Å². The molecule has 0 radical (unpaired) electrons. The first kappa shape index (κ1) is 12.2. The molecule has 13 heavy (non-hydrogen) atoms. The molecule has 1 aromatic rings.